The van der Waals surface area contributed by atoms with Crippen LogP contribution in [-0.2, 0) is 11.8 Å². The zero-order chi connectivity index (χ0) is 20.3. The molecule has 0 bridgehead atoms. The maximum absolute atomic E-state index is 12.8. The molecule has 0 atom stereocenters. The average Bonchev–Trinajstić information content (AvgIpc) is 2.69. The molecule has 0 unspecified atom stereocenters. The number of ketones is 1. The lowest BCUT2D eigenvalue weighted by Gasteiger charge is -2.09. The first-order valence-corrected chi connectivity index (χ1v) is 8.54. The molecule has 2 aromatic carbocycles. The number of ether oxygens (including phenoxy) is 1. The number of nitrogens with zero attached hydrogens (tertiary/aromatic N) is 2. The number of nitrogens with one attached hydrogen (secondary N) is 1. The molecule has 0 spiro atoms. The summed E-state index contributed by atoms with van der Waals surface area (Å²) in [5, 5.41) is 6.93. The first-order chi connectivity index (χ1) is 13.4. The van der Waals surface area contributed by atoms with Crippen LogP contribution >= 0.6 is 0 Å². The number of hydrogen-bond donors (Lipinski definition) is 1. The van der Waals surface area contributed by atoms with E-state index in [0.29, 0.717) is 28.3 Å². The molecule has 7 heteroatoms. The monoisotopic (exact) mass is 377 g/mol. The van der Waals surface area contributed by atoms with Crippen molar-refractivity contribution in [3.63, 3.8) is 0 Å². The Hall–Kier alpha value is -3.74. The van der Waals surface area contributed by atoms with Crippen molar-refractivity contribution in [2.45, 2.75) is 6.92 Å². The van der Waals surface area contributed by atoms with Gasteiger partial charge in [-0.1, -0.05) is 12.1 Å². The molecule has 0 aliphatic heterocycles. The molecule has 1 heterocycles. The van der Waals surface area contributed by atoms with Gasteiger partial charge < -0.3 is 10.1 Å². The maximum atomic E-state index is 12.8. The van der Waals surface area contributed by atoms with E-state index in [-0.39, 0.29) is 17.3 Å². The standard InChI is InChI=1S/C21H19N3O4/c1-13(25)22-16-8-4-14(5-9-16)19-12-18(21(27)24(2)23-19)20(26)15-6-10-17(28-3)11-7-15/h4-12H,1-3H3,(H,22,25). The minimum Gasteiger partial charge on any atom is -0.497 e. The Morgan fingerprint density at radius 1 is 1.04 bits per heavy atom. The van der Waals surface area contributed by atoms with Crippen molar-refractivity contribution >= 4 is 17.4 Å². The molecule has 28 heavy (non-hydrogen) atoms. The number of carbonyl (C=O) groups excluding carboxylic acids is 2. The molecule has 0 aliphatic carbocycles. The van der Waals surface area contributed by atoms with Gasteiger partial charge in [-0.2, -0.15) is 5.10 Å². The summed E-state index contributed by atoms with van der Waals surface area (Å²) in [4.78, 5) is 36.5. The molecule has 1 amide bonds. The third kappa shape index (κ3) is 3.98. The second-order valence-electron chi connectivity index (χ2n) is 6.19. The topological polar surface area (TPSA) is 90.3 Å². The van der Waals surface area contributed by atoms with Gasteiger partial charge in [-0.15, -0.1) is 0 Å². The molecule has 7 nitrogen and oxygen atoms in total. The molecule has 0 saturated carbocycles. The maximum Gasteiger partial charge on any atom is 0.277 e. The highest BCUT2D eigenvalue weighted by Crippen LogP contribution is 2.21. The number of carbonyl (C=O) groups is 2. The lowest BCUT2D eigenvalue weighted by atomic mass is 10.0. The van der Waals surface area contributed by atoms with Gasteiger partial charge in [0.2, 0.25) is 5.91 Å². The zero-order valence-electron chi connectivity index (χ0n) is 15.7. The van der Waals surface area contributed by atoms with Gasteiger partial charge >= 0.3 is 0 Å². The highest BCUT2D eigenvalue weighted by molar-refractivity contribution is 6.09. The molecule has 0 radical (unpaired) electrons. The van der Waals surface area contributed by atoms with E-state index in [1.807, 2.05) is 0 Å². The number of benzene rings is 2. The molecule has 3 aromatic rings. The number of amides is 1. The van der Waals surface area contributed by atoms with Crippen molar-refractivity contribution in [2.24, 2.45) is 7.05 Å². The fraction of sp³-hybridized carbons (Fsp3) is 0.143. The van der Waals surface area contributed by atoms with Crippen molar-refractivity contribution in [3.05, 3.63) is 76.1 Å². The van der Waals surface area contributed by atoms with Crippen LogP contribution in [-0.4, -0.2) is 28.6 Å². The van der Waals surface area contributed by atoms with E-state index < -0.39 is 5.56 Å². The molecule has 0 saturated heterocycles. The van der Waals surface area contributed by atoms with Crippen LogP contribution < -0.4 is 15.6 Å². The summed E-state index contributed by atoms with van der Waals surface area (Å²) < 4.78 is 6.24. The van der Waals surface area contributed by atoms with Gasteiger partial charge in [-0.3, -0.25) is 14.4 Å². The van der Waals surface area contributed by atoms with Gasteiger partial charge in [-0.25, -0.2) is 4.68 Å². The fourth-order valence-electron chi connectivity index (χ4n) is 2.74. The summed E-state index contributed by atoms with van der Waals surface area (Å²) in [7, 11) is 3.04. The van der Waals surface area contributed by atoms with Gasteiger partial charge in [0.15, 0.2) is 5.78 Å². The van der Waals surface area contributed by atoms with Gasteiger partial charge in [0.1, 0.15) is 5.75 Å². The van der Waals surface area contributed by atoms with E-state index in [0.717, 1.165) is 4.68 Å². The summed E-state index contributed by atoms with van der Waals surface area (Å²) >= 11 is 0. The second kappa shape index (κ2) is 7.87. The van der Waals surface area contributed by atoms with Crippen LogP contribution in [0.2, 0.25) is 0 Å². The van der Waals surface area contributed by atoms with Gasteiger partial charge in [-0.05, 0) is 42.5 Å². The van der Waals surface area contributed by atoms with E-state index in [1.165, 1.54) is 20.0 Å². The summed E-state index contributed by atoms with van der Waals surface area (Å²) in [6.07, 6.45) is 0. The van der Waals surface area contributed by atoms with Crippen LogP contribution in [0.3, 0.4) is 0 Å². The fourth-order valence-corrected chi connectivity index (χ4v) is 2.74. The lowest BCUT2D eigenvalue weighted by molar-refractivity contribution is -0.114. The third-order valence-electron chi connectivity index (χ3n) is 4.16. The summed E-state index contributed by atoms with van der Waals surface area (Å²) in [6.45, 7) is 1.43. The number of rotatable bonds is 5. The Morgan fingerprint density at radius 3 is 2.25 bits per heavy atom. The molecular weight excluding hydrogens is 358 g/mol. The van der Waals surface area contributed by atoms with E-state index in [1.54, 1.807) is 55.6 Å². The van der Waals surface area contributed by atoms with Crippen LogP contribution in [0, 0.1) is 0 Å². The Labute approximate surface area is 161 Å². The predicted octanol–water partition coefficient (Wildman–Crippen LogP) is 2.65. The molecule has 3 rings (SSSR count). The molecule has 1 N–H and O–H groups in total. The molecule has 0 aliphatic rings. The van der Waals surface area contributed by atoms with Gasteiger partial charge in [0.25, 0.3) is 5.56 Å². The minimum absolute atomic E-state index is 0.0311. The Kier molecular flexibility index (Phi) is 5.35. The Balaban J connectivity index is 1.99. The van der Waals surface area contributed by atoms with Gasteiger partial charge in [0.05, 0.1) is 18.4 Å². The normalized spacial score (nSPS) is 10.4. The van der Waals surface area contributed by atoms with E-state index >= 15 is 0 Å². The van der Waals surface area contributed by atoms with Crippen molar-refractivity contribution in [3.8, 4) is 17.0 Å². The van der Waals surface area contributed by atoms with Crippen molar-refractivity contribution in [2.75, 3.05) is 12.4 Å². The first kappa shape index (κ1) is 19.0. The van der Waals surface area contributed by atoms with Crippen LogP contribution in [0.1, 0.15) is 22.8 Å². The molecule has 142 valence electrons. The molecule has 1 aromatic heterocycles. The highest BCUT2D eigenvalue weighted by atomic mass is 16.5. The minimum atomic E-state index is -0.473. The summed E-state index contributed by atoms with van der Waals surface area (Å²) in [6, 6.07) is 15.0. The number of hydrogen-bond acceptors (Lipinski definition) is 5. The largest absolute Gasteiger partial charge is 0.497 e. The molecule has 0 fully saturated rings. The Bertz CT molecular complexity index is 1080. The highest BCUT2D eigenvalue weighted by Gasteiger charge is 2.17. The lowest BCUT2D eigenvalue weighted by Crippen LogP contribution is -2.27. The predicted molar refractivity (Wildman–Crippen MR) is 106 cm³/mol. The summed E-state index contributed by atoms with van der Waals surface area (Å²) in [5.74, 6) is 0.0706. The smallest absolute Gasteiger partial charge is 0.277 e. The van der Waals surface area contributed by atoms with E-state index in [2.05, 4.69) is 10.4 Å². The van der Waals surface area contributed by atoms with Crippen LogP contribution in [0.25, 0.3) is 11.3 Å². The number of anilines is 1. The number of aromatic nitrogens is 2. The third-order valence-corrected chi connectivity index (χ3v) is 4.16. The second-order valence-corrected chi connectivity index (χ2v) is 6.19. The van der Waals surface area contributed by atoms with Crippen molar-refractivity contribution < 1.29 is 14.3 Å². The Morgan fingerprint density at radius 2 is 1.68 bits per heavy atom. The first-order valence-electron chi connectivity index (χ1n) is 8.54. The average molecular weight is 377 g/mol. The van der Waals surface area contributed by atoms with Crippen molar-refractivity contribution in [1.82, 2.24) is 9.78 Å². The zero-order valence-corrected chi connectivity index (χ0v) is 15.7. The van der Waals surface area contributed by atoms with E-state index in [9.17, 15) is 14.4 Å². The quantitative estimate of drug-likeness (QED) is 0.691. The SMILES string of the molecule is COc1ccc(C(=O)c2cc(-c3ccc(NC(C)=O)cc3)nn(C)c2=O)cc1. The van der Waals surface area contributed by atoms with Crippen LogP contribution in [0.5, 0.6) is 5.75 Å². The van der Waals surface area contributed by atoms with Crippen molar-refractivity contribution in [1.29, 1.82) is 0 Å². The van der Waals surface area contributed by atoms with E-state index in [4.69, 9.17) is 4.74 Å². The van der Waals surface area contributed by atoms with Gasteiger partial charge in [0, 0.05) is 30.8 Å². The number of methoxy groups -OCH3 is 1. The number of aryl methyl sites for hydroxylation is 1. The molecular formula is C21H19N3O4. The summed E-state index contributed by atoms with van der Waals surface area (Å²) in [5.41, 5.74) is 1.79. The van der Waals surface area contributed by atoms with Crippen LogP contribution in [0.4, 0.5) is 5.69 Å². The van der Waals surface area contributed by atoms with Crippen LogP contribution in [0.15, 0.2) is 59.4 Å².